The molecule has 38 heavy (non-hydrogen) atoms. The maximum atomic E-state index is 13.4. The fourth-order valence-electron chi connectivity index (χ4n) is 4.10. The van der Waals surface area contributed by atoms with Crippen molar-refractivity contribution in [2.24, 2.45) is 0 Å². The van der Waals surface area contributed by atoms with Crippen LogP contribution in [0.5, 0.6) is 5.75 Å². The van der Waals surface area contributed by atoms with E-state index in [0.717, 1.165) is 22.4 Å². The molecule has 0 saturated carbocycles. The van der Waals surface area contributed by atoms with Crippen LogP contribution in [0.15, 0.2) is 90.5 Å². The minimum atomic E-state index is -0.955. The highest BCUT2D eigenvalue weighted by atomic mass is 19.1. The summed E-state index contributed by atoms with van der Waals surface area (Å²) in [5, 5.41) is 14.7. The molecule has 0 radical (unpaired) electrons. The van der Waals surface area contributed by atoms with E-state index < -0.39 is 28.6 Å². The number of hydrogen-bond acceptors (Lipinski definition) is 6. The molecule has 0 unspecified atom stereocenters. The Morgan fingerprint density at radius 2 is 1.71 bits per heavy atom. The van der Waals surface area contributed by atoms with Crippen LogP contribution >= 0.6 is 0 Å². The lowest BCUT2D eigenvalue weighted by atomic mass is 9.99. The number of benzene rings is 4. The SMILES string of the molecule is O=C1NC(=O)N(c2ccc(F)cc2)C(=O)/C1=C/c1c(OCc2cccc([N+](=O)[O-])c2)ccc2ccccc12. The van der Waals surface area contributed by atoms with Gasteiger partial charge >= 0.3 is 6.03 Å². The zero-order valence-corrected chi connectivity index (χ0v) is 19.6. The van der Waals surface area contributed by atoms with Gasteiger partial charge in [0.05, 0.1) is 10.6 Å². The first-order valence-electron chi connectivity index (χ1n) is 11.4. The second-order valence-corrected chi connectivity index (χ2v) is 8.35. The molecule has 0 spiro atoms. The van der Waals surface area contributed by atoms with E-state index in [1.165, 1.54) is 30.3 Å². The molecule has 10 heteroatoms. The number of anilines is 1. The van der Waals surface area contributed by atoms with Crippen LogP contribution in [0.4, 0.5) is 20.6 Å². The van der Waals surface area contributed by atoms with Crippen LogP contribution in [-0.2, 0) is 16.2 Å². The number of carbonyl (C=O) groups is 3. The zero-order valence-electron chi connectivity index (χ0n) is 19.6. The summed E-state index contributed by atoms with van der Waals surface area (Å²) in [4.78, 5) is 50.0. The number of nitro groups is 1. The molecule has 1 heterocycles. The van der Waals surface area contributed by atoms with Crippen LogP contribution in [0.25, 0.3) is 16.8 Å². The maximum Gasteiger partial charge on any atom is 0.335 e. The van der Waals surface area contributed by atoms with Crippen molar-refractivity contribution < 1.29 is 28.4 Å². The third kappa shape index (κ3) is 4.70. The van der Waals surface area contributed by atoms with Gasteiger partial charge in [0.15, 0.2) is 0 Å². The van der Waals surface area contributed by atoms with Crippen LogP contribution in [0.2, 0.25) is 0 Å². The van der Waals surface area contributed by atoms with E-state index in [0.29, 0.717) is 22.3 Å². The topological polar surface area (TPSA) is 119 Å². The number of imide groups is 2. The number of nitrogens with one attached hydrogen (secondary N) is 1. The molecule has 188 valence electrons. The number of nitrogens with zero attached hydrogens (tertiary/aromatic N) is 2. The van der Waals surface area contributed by atoms with Gasteiger partial charge in [0.25, 0.3) is 17.5 Å². The molecule has 1 aliphatic heterocycles. The molecule has 4 aromatic carbocycles. The van der Waals surface area contributed by atoms with Crippen molar-refractivity contribution in [3.8, 4) is 5.75 Å². The Bertz CT molecular complexity index is 1650. The summed E-state index contributed by atoms with van der Waals surface area (Å²) in [6.07, 6.45) is 1.34. The lowest BCUT2D eigenvalue weighted by molar-refractivity contribution is -0.384. The van der Waals surface area contributed by atoms with Gasteiger partial charge in [-0.05, 0) is 52.7 Å². The third-order valence-electron chi connectivity index (χ3n) is 5.92. The highest BCUT2D eigenvalue weighted by Crippen LogP contribution is 2.32. The second-order valence-electron chi connectivity index (χ2n) is 8.35. The Labute approximate surface area is 214 Å². The number of amides is 4. The molecule has 0 aliphatic carbocycles. The van der Waals surface area contributed by atoms with Gasteiger partial charge in [-0.1, -0.05) is 42.5 Å². The number of nitro benzene ring substituents is 1. The molecule has 0 aromatic heterocycles. The molecule has 1 N–H and O–H groups in total. The third-order valence-corrected chi connectivity index (χ3v) is 5.92. The first-order chi connectivity index (χ1) is 18.3. The molecular weight excluding hydrogens is 493 g/mol. The first-order valence-corrected chi connectivity index (χ1v) is 11.4. The Balaban J connectivity index is 1.56. The Kier molecular flexibility index (Phi) is 6.36. The molecular formula is C28H18FN3O6. The number of fused-ring (bicyclic) bond motifs is 1. The summed E-state index contributed by atoms with van der Waals surface area (Å²) in [5.74, 6) is -2.01. The maximum absolute atomic E-state index is 13.4. The summed E-state index contributed by atoms with van der Waals surface area (Å²) in [5.41, 5.74) is 0.630. The molecule has 5 rings (SSSR count). The summed E-state index contributed by atoms with van der Waals surface area (Å²) in [7, 11) is 0. The van der Waals surface area contributed by atoms with Crippen molar-refractivity contribution in [2.45, 2.75) is 6.61 Å². The minimum absolute atomic E-state index is 0.0173. The summed E-state index contributed by atoms with van der Waals surface area (Å²) in [6, 6.07) is 20.5. The quantitative estimate of drug-likeness (QED) is 0.166. The van der Waals surface area contributed by atoms with Crippen LogP contribution in [-0.4, -0.2) is 22.8 Å². The van der Waals surface area contributed by atoms with Crippen LogP contribution in [0.1, 0.15) is 11.1 Å². The van der Waals surface area contributed by atoms with Gasteiger partial charge in [0, 0.05) is 17.7 Å². The van der Waals surface area contributed by atoms with E-state index in [9.17, 15) is 28.9 Å². The molecule has 4 aromatic rings. The number of rotatable bonds is 6. The van der Waals surface area contributed by atoms with Crippen molar-refractivity contribution >= 4 is 46.1 Å². The van der Waals surface area contributed by atoms with Crippen LogP contribution < -0.4 is 15.0 Å². The fraction of sp³-hybridized carbons (Fsp3) is 0.0357. The number of urea groups is 1. The average Bonchev–Trinajstić information content (AvgIpc) is 2.91. The molecule has 4 amide bonds. The van der Waals surface area contributed by atoms with E-state index in [1.807, 2.05) is 12.1 Å². The molecule has 1 aliphatic rings. The number of halogens is 1. The van der Waals surface area contributed by atoms with Crippen LogP contribution in [0, 0.1) is 15.9 Å². The number of barbiturate groups is 1. The van der Waals surface area contributed by atoms with Gasteiger partial charge in [0.2, 0.25) is 0 Å². The first kappa shape index (κ1) is 24.3. The molecule has 0 bridgehead atoms. The normalized spacial score (nSPS) is 14.6. The fourth-order valence-corrected chi connectivity index (χ4v) is 4.10. The summed E-state index contributed by atoms with van der Waals surface area (Å²) >= 11 is 0. The van der Waals surface area contributed by atoms with E-state index >= 15 is 0 Å². The van der Waals surface area contributed by atoms with Gasteiger partial charge in [-0.25, -0.2) is 14.1 Å². The van der Waals surface area contributed by atoms with E-state index in [2.05, 4.69) is 5.32 Å². The van der Waals surface area contributed by atoms with Crippen LogP contribution in [0.3, 0.4) is 0 Å². The molecule has 9 nitrogen and oxygen atoms in total. The van der Waals surface area contributed by atoms with Crippen molar-refractivity contribution in [1.29, 1.82) is 0 Å². The van der Waals surface area contributed by atoms with Crippen molar-refractivity contribution in [2.75, 3.05) is 4.90 Å². The summed E-state index contributed by atoms with van der Waals surface area (Å²) in [6.45, 7) is -0.0173. The number of ether oxygens (including phenoxy) is 1. The zero-order chi connectivity index (χ0) is 26.8. The number of carbonyl (C=O) groups excluding carboxylic acids is 3. The van der Waals surface area contributed by atoms with E-state index in [-0.39, 0.29) is 23.6 Å². The van der Waals surface area contributed by atoms with Gasteiger partial charge in [-0.3, -0.25) is 25.0 Å². The minimum Gasteiger partial charge on any atom is -0.488 e. The monoisotopic (exact) mass is 511 g/mol. The Hall–Kier alpha value is -5.38. The van der Waals surface area contributed by atoms with Crippen molar-refractivity contribution in [3.63, 3.8) is 0 Å². The lowest BCUT2D eigenvalue weighted by Gasteiger charge is -2.26. The molecule has 0 atom stereocenters. The number of hydrogen-bond donors (Lipinski definition) is 1. The van der Waals surface area contributed by atoms with Crippen molar-refractivity contribution in [1.82, 2.24) is 5.32 Å². The van der Waals surface area contributed by atoms with E-state index in [1.54, 1.807) is 36.4 Å². The molecule has 1 fully saturated rings. The van der Waals surface area contributed by atoms with E-state index in [4.69, 9.17) is 4.74 Å². The van der Waals surface area contributed by atoms with Gasteiger partial charge in [0.1, 0.15) is 23.7 Å². The smallest absolute Gasteiger partial charge is 0.335 e. The Morgan fingerprint density at radius 3 is 2.47 bits per heavy atom. The van der Waals surface area contributed by atoms with Crippen molar-refractivity contribution in [3.05, 3.63) is 118 Å². The predicted octanol–water partition coefficient (Wildman–Crippen LogP) is 5.13. The molecule has 1 saturated heterocycles. The highest BCUT2D eigenvalue weighted by Gasteiger charge is 2.37. The standard InChI is InChI=1S/C28H18FN3O6/c29-19-9-11-20(12-10-19)31-27(34)24(26(33)30-28(31)35)15-23-22-7-2-1-5-18(22)8-13-25(23)38-16-17-4-3-6-21(14-17)32(36)37/h1-15H,16H2,(H,30,33,35)/b24-15+. The van der Waals surface area contributed by atoms with Gasteiger partial charge < -0.3 is 4.74 Å². The van der Waals surface area contributed by atoms with Gasteiger partial charge in [-0.15, -0.1) is 0 Å². The second kappa shape index (κ2) is 9.94. The predicted molar refractivity (Wildman–Crippen MR) is 137 cm³/mol. The summed E-state index contributed by atoms with van der Waals surface area (Å²) < 4.78 is 19.4. The van der Waals surface area contributed by atoms with Gasteiger partial charge in [-0.2, -0.15) is 0 Å². The largest absolute Gasteiger partial charge is 0.488 e. The number of non-ortho nitro benzene ring substituents is 1. The Morgan fingerprint density at radius 1 is 0.947 bits per heavy atom. The lowest BCUT2D eigenvalue weighted by Crippen LogP contribution is -2.54. The average molecular weight is 511 g/mol. The highest BCUT2D eigenvalue weighted by molar-refractivity contribution is 6.39.